The Morgan fingerprint density at radius 2 is 1.94 bits per heavy atom. The molecule has 2 aromatic heterocycles. The summed E-state index contributed by atoms with van der Waals surface area (Å²) in [6, 6.07) is 1.97. The summed E-state index contributed by atoms with van der Waals surface area (Å²) < 4.78 is 2.76. The van der Waals surface area contributed by atoms with Crippen LogP contribution in [0, 0.1) is 27.7 Å². The number of halogens is 1. The van der Waals surface area contributed by atoms with Crippen LogP contribution in [-0.2, 0) is 6.61 Å². The Morgan fingerprint density at radius 1 is 1.28 bits per heavy atom. The number of aliphatic hydroxyl groups excluding tert-OH is 1. The third-order valence-corrected chi connectivity index (χ3v) is 4.16. The van der Waals surface area contributed by atoms with Crippen LogP contribution in [0.15, 0.2) is 10.5 Å². The van der Waals surface area contributed by atoms with Gasteiger partial charge in [0.05, 0.1) is 22.5 Å². The van der Waals surface area contributed by atoms with E-state index >= 15 is 0 Å². The normalized spacial score (nSPS) is 11.0. The summed E-state index contributed by atoms with van der Waals surface area (Å²) in [7, 11) is 0. The quantitative estimate of drug-likeness (QED) is 0.928. The molecule has 0 aliphatic heterocycles. The van der Waals surface area contributed by atoms with Gasteiger partial charge >= 0.3 is 0 Å². The lowest BCUT2D eigenvalue weighted by Gasteiger charge is -2.12. The summed E-state index contributed by atoms with van der Waals surface area (Å²) in [4.78, 5) is 4.51. The molecule has 0 amide bonds. The highest BCUT2D eigenvalue weighted by atomic mass is 79.9. The minimum absolute atomic E-state index is 0.0373. The molecule has 1 N–H and O–H groups in total. The van der Waals surface area contributed by atoms with Crippen LogP contribution in [0.25, 0.3) is 5.82 Å². The van der Waals surface area contributed by atoms with Crippen molar-refractivity contribution in [1.82, 2.24) is 14.8 Å². The second-order valence-electron chi connectivity index (χ2n) is 4.44. The summed E-state index contributed by atoms with van der Waals surface area (Å²) in [5.41, 5.74) is 4.67. The molecule has 4 nitrogen and oxygen atoms in total. The zero-order valence-corrected chi connectivity index (χ0v) is 12.5. The molecule has 5 heteroatoms. The molecule has 96 valence electrons. The molecule has 2 aromatic rings. The first-order valence-electron chi connectivity index (χ1n) is 5.75. The van der Waals surface area contributed by atoms with Gasteiger partial charge in [0.1, 0.15) is 0 Å². The van der Waals surface area contributed by atoms with Crippen molar-refractivity contribution < 1.29 is 5.11 Å². The third-order valence-electron chi connectivity index (χ3n) is 3.02. The van der Waals surface area contributed by atoms with E-state index in [0.29, 0.717) is 5.82 Å². The Morgan fingerprint density at radius 3 is 2.44 bits per heavy atom. The minimum Gasteiger partial charge on any atom is -0.392 e. The van der Waals surface area contributed by atoms with Gasteiger partial charge in [-0.3, -0.25) is 0 Å². The second-order valence-corrected chi connectivity index (χ2v) is 5.23. The lowest BCUT2D eigenvalue weighted by Crippen LogP contribution is -2.09. The minimum atomic E-state index is -0.0373. The third kappa shape index (κ3) is 2.08. The van der Waals surface area contributed by atoms with Crippen LogP contribution < -0.4 is 0 Å². The highest BCUT2D eigenvalue weighted by molar-refractivity contribution is 9.10. The van der Waals surface area contributed by atoms with E-state index in [1.807, 2.05) is 33.8 Å². The molecule has 0 spiro atoms. The maximum atomic E-state index is 9.53. The maximum absolute atomic E-state index is 9.53. The lowest BCUT2D eigenvalue weighted by atomic mass is 10.1. The van der Waals surface area contributed by atoms with Gasteiger partial charge in [-0.2, -0.15) is 5.10 Å². The SMILES string of the molecule is Cc1cc(C)c(CO)c(-n2nc(C)c(Br)c2C)n1. The van der Waals surface area contributed by atoms with Crippen LogP contribution in [0.4, 0.5) is 0 Å². The van der Waals surface area contributed by atoms with Crippen LogP contribution in [0.5, 0.6) is 0 Å². The average Bonchev–Trinajstić information content (AvgIpc) is 2.56. The average molecular weight is 310 g/mol. The van der Waals surface area contributed by atoms with E-state index in [1.165, 1.54) is 0 Å². The molecule has 0 aromatic carbocycles. The van der Waals surface area contributed by atoms with Gasteiger partial charge < -0.3 is 5.11 Å². The van der Waals surface area contributed by atoms with Gasteiger partial charge in [0.15, 0.2) is 5.82 Å². The Labute approximate surface area is 115 Å². The van der Waals surface area contributed by atoms with E-state index in [0.717, 1.165) is 32.7 Å². The Bertz CT molecular complexity index is 605. The van der Waals surface area contributed by atoms with Crippen LogP contribution in [-0.4, -0.2) is 19.9 Å². The molecule has 0 aliphatic carbocycles. The number of aryl methyl sites for hydroxylation is 3. The van der Waals surface area contributed by atoms with Gasteiger partial charge in [-0.15, -0.1) is 0 Å². The molecule has 18 heavy (non-hydrogen) atoms. The molecule has 0 atom stereocenters. The lowest BCUT2D eigenvalue weighted by molar-refractivity contribution is 0.280. The van der Waals surface area contributed by atoms with Crippen molar-refractivity contribution in [3.63, 3.8) is 0 Å². The number of aliphatic hydroxyl groups is 1. The summed E-state index contributed by atoms with van der Waals surface area (Å²) in [6.45, 7) is 7.80. The highest BCUT2D eigenvalue weighted by Gasteiger charge is 2.16. The second kappa shape index (κ2) is 4.82. The predicted molar refractivity (Wildman–Crippen MR) is 73.9 cm³/mol. The first-order valence-corrected chi connectivity index (χ1v) is 6.55. The standard InChI is InChI=1S/C13H16BrN3O/c1-7-5-8(2)15-13(11(7)6-18)17-10(4)12(14)9(3)16-17/h5,18H,6H2,1-4H3. The van der Waals surface area contributed by atoms with Crippen molar-refractivity contribution >= 4 is 15.9 Å². The van der Waals surface area contributed by atoms with Crippen molar-refractivity contribution in [1.29, 1.82) is 0 Å². The molecule has 0 saturated carbocycles. The fourth-order valence-electron chi connectivity index (χ4n) is 2.04. The van der Waals surface area contributed by atoms with Crippen LogP contribution in [0.1, 0.15) is 28.2 Å². The molecule has 0 saturated heterocycles. The number of aromatic nitrogens is 3. The van der Waals surface area contributed by atoms with E-state index in [2.05, 4.69) is 26.0 Å². The fourth-order valence-corrected chi connectivity index (χ4v) is 2.29. The number of nitrogens with zero attached hydrogens (tertiary/aromatic N) is 3. The van der Waals surface area contributed by atoms with Crippen molar-refractivity contribution in [3.05, 3.63) is 38.7 Å². The molecule has 2 heterocycles. The van der Waals surface area contributed by atoms with E-state index < -0.39 is 0 Å². The van der Waals surface area contributed by atoms with Gasteiger partial charge in [-0.25, -0.2) is 9.67 Å². The van der Waals surface area contributed by atoms with Gasteiger partial charge in [0.2, 0.25) is 0 Å². The van der Waals surface area contributed by atoms with Crippen molar-refractivity contribution in [2.24, 2.45) is 0 Å². The van der Waals surface area contributed by atoms with Crippen molar-refractivity contribution in [2.45, 2.75) is 34.3 Å². The zero-order valence-electron chi connectivity index (χ0n) is 11.0. The van der Waals surface area contributed by atoms with E-state index in [-0.39, 0.29) is 6.61 Å². The largest absolute Gasteiger partial charge is 0.392 e. The smallest absolute Gasteiger partial charge is 0.159 e. The summed E-state index contributed by atoms with van der Waals surface area (Å²) >= 11 is 3.51. The Hall–Kier alpha value is -1.20. The van der Waals surface area contributed by atoms with Gasteiger partial charge in [-0.1, -0.05) is 0 Å². The topological polar surface area (TPSA) is 50.9 Å². The highest BCUT2D eigenvalue weighted by Crippen LogP contribution is 2.25. The van der Waals surface area contributed by atoms with Crippen molar-refractivity contribution in [3.8, 4) is 5.82 Å². The van der Waals surface area contributed by atoms with Gasteiger partial charge in [0, 0.05) is 11.3 Å². The molecular formula is C13H16BrN3O. The summed E-state index contributed by atoms with van der Waals surface area (Å²) in [6.07, 6.45) is 0. The van der Waals surface area contributed by atoms with Crippen LogP contribution in [0.3, 0.4) is 0 Å². The maximum Gasteiger partial charge on any atom is 0.159 e. The molecule has 0 unspecified atom stereocenters. The molecular weight excluding hydrogens is 294 g/mol. The summed E-state index contributed by atoms with van der Waals surface area (Å²) in [5, 5.41) is 14.0. The van der Waals surface area contributed by atoms with Gasteiger partial charge in [0.25, 0.3) is 0 Å². The number of pyridine rings is 1. The molecule has 0 aliphatic rings. The summed E-state index contributed by atoms with van der Waals surface area (Å²) in [5.74, 6) is 0.710. The Balaban J connectivity index is 2.73. The Kier molecular flexibility index (Phi) is 3.54. The van der Waals surface area contributed by atoms with E-state index in [1.54, 1.807) is 4.68 Å². The van der Waals surface area contributed by atoms with Crippen molar-refractivity contribution in [2.75, 3.05) is 0 Å². The zero-order chi connectivity index (χ0) is 13.4. The monoisotopic (exact) mass is 309 g/mol. The molecule has 0 radical (unpaired) electrons. The van der Waals surface area contributed by atoms with E-state index in [9.17, 15) is 5.11 Å². The van der Waals surface area contributed by atoms with Gasteiger partial charge in [-0.05, 0) is 55.3 Å². The molecule has 0 bridgehead atoms. The number of rotatable bonds is 2. The van der Waals surface area contributed by atoms with E-state index in [4.69, 9.17) is 0 Å². The number of hydrogen-bond acceptors (Lipinski definition) is 3. The molecule has 0 fully saturated rings. The first kappa shape index (κ1) is 13.2. The fraction of sp³-hybridized carbons (Fsp3) is 0.385. The van der Waals surface area contributed by atoms with Crippen LogP contribution >= 0.6 is 15.9 Å². The number of hydrogen-bond donors (Lipinski definition) is 1. The predicted octanol–water partition coefficient (Wildman–Crippen LogP) is 2.76. The van der Waals surface area contributed by atoms with Crippen LogP contribution in [0.2, 0.25) is 0 Å². The molecule has 2 rings (SSSR count). The first-order chi connectivity index (χ1) is 8.45.